The highest BCUT2D eigenvalue weighted by atomic mass is 32.2. The lowest BCUT2D eigenvalue weighted by atomic mass is 9.98. The van der Waals surface area contributed by atoms with Crippen LogP contribution in [-0.4, -0.2) is 48.2 Å². The molecule has 4 rings (SSSR count). The normalized spacial score (nSPS) is 22.8. The molecule has 6 nitrogen and oxygen atoms in total. The Morgan fingerprint density at radius 2 is 1.21 bits per heavy atom. The Kier molecular flexibility index (Phi) is 11.8. The van der Waals surface area contributed by atoms with Crippen molar-refractivity contribution >= 4 is 16.9 Å². The highest BCUT2D eigenvalue weighted by Crippen LogP contribution is 2.32. The summed E-state index contributed by atoms with van der Waals surface area (Å²) in [4.78, 5) is 11.9. The maximum atomic E-state index is 11.9. The largest absolute Gasteiger partial charge is 0.368 e. The van der Waals surface area contributed by atoms with E-state index in [1.54, 1.807) is 13.0 Å². The second kappa shape index (κ2) is 15.7. The SMILES string of the molecule is C=CCOC1OC(CSC(C)=O)C(OCc2ccccc2)C(OCc2ccccc2)C1OCc1ccccc1. The van der Waals surface area contributed by atoms with Gasteiger partial charge in [0.05, 0.1) is 32.5 Å². The van der Waals surface area contributed by atoms with E-state index in [1.807, 2.05) is 91.0 Å². The quantitative estimate of drug-likeness (QED) is 0.231. The van der Waals surface area contributed by atoms with E-state index in [0.29, 0.717) is 25.6 Å². The van der Waals surface area contributed by atoms with Crippen LogP contribution in [0, 0.1) is 0 Å². The third kappa shape index (κ3) is 9.14. The van der Waals surface area contributed by atoms with Gasteiger partial charge in [0.2, 0.25) is 0 Å². The fourth-order valence-electron chi connectivity index (χ4n) is 4.38. The van der Waals surface area contributed by atoms with Gasteiger partial charge >= 0.3 is 0 Å². The summed E-state index contributed by atoms with van der Waals surface area (Å²) in [6, 6.07) is 29.9. The molecular weight excluding hydrogens is 512 g/mol. The van der Waals surface area contributed by atoms with Crippen molar-refractivity contribution in [2.75, 3.05) is 12.4 Å². The van der Waals surface area contributed by atoms with Crippen molar-refractivity contribution in [1.29, 1.82) is 0 Å². The molecule has 5 unspecified atom stereocenters. The summed E-state index contributed by atoms with van der Waals surface area (Å²) in [6.45, 7) is 6.70. The molecule has 0 saturated carbocycles. The van der Waals surface area contributed by atoms with E-state index < -0.39 is 30.7 Å². The summed E-state index contributed by atoms with van der Waals surface area (Å²) in [5.41, 5.74) is 3.09. The van der Waals surface area contributed by atoms with Gasteiger partial charge in [-0.2, -0.15) is 0 Å². The molecule has 7 heteroatoms. The minimum Gasteiger partial charge on any atom is -0.368 e. The number of hydrogen-bond acceptors (Lipinski definition) is 7. The molecule has 39 heavy (non-hydrogen) atoms. The summed E-state index contributed by atoms with van der Waals surface area (Å²) < 4.78 is 32.1. The predicted molar refractivity (Wildman–Crippen MR) is 153 cm³/mol. The zero-order valence-electron chi connectivity index (χ0n) is 22.2. The first-order valence-electron chi connectivity index (χ1n) is 13.1. The smallest absolute Gasteiger partial charge is 0.187 e. The van der Waals surface area contributed by atoms with Crippen LogP contribution in [0.5, 0.6) is 0 Å². The molecular formula is C32H36O6S. The molecule has 1 aliphatic heterocycles. The molecule has 5 atom stereocenters. The van der Waals surface area contributed by atoms with Crippen LogP contribution in [-0.2, 0) is 48.3 Å². The van der Waals surface area contributed by atoms with Crippen molar-refractivity contribution < 1.29 is 28.5 Å². The molecule has 0 spiro atoms. The van der Waals surface area contributed by atoms with E-state index in [0.717, 1.165) is 16.7 Å². The van der Waals surface area contributed by atoms with Crippen LogP contribution < -0.4 is 0 Å². The zero-order valence-corrected chi connectivity index (χ0v) is 23.0. The number of rotatable bonds is 14. The highest BCUT2D eigenvalue weighted by Gasteiger charge is 2.49. The van der Waals surface area contributed by atoms with E-state index in [-0.39, 0.29) is 11.7 Å². The monoisotopic (exact) mass is 548 g/mol. The number of carbonyl (C=O) groups is 1. The lowest BCUT2D eigenvalue weighted by Gasteiger charge is -2.45. The molecule has 0 N–H and O–H groups in total. The molecule has 3 aromatic rings. The molecule has 0 aliphatic carbocycles. The van der Waals surface area contributed by atoms with Crippen LogP contribution >= 0.6 is 11.8 Å². The Balaban J connectivity index is 1.63. The molecule has 1 fully saturated rings. The van der Waals surface area contributed by atoms with Crippen molar-refractivity contribution in [3.63, 3.8) is 0 Å². The molecule has 1 aliphatic rings. The molecule has 1 heterocycles. The second-order valence-corrected chi connectivity index (χ2v) is 10.4. The first kappa shape index (κ1) is 29.2. The lowest BCUT2D eigenvalue weighted by Crippen LogP contribution is -2.61. The van der Waals surface area contributed by atoms with E-state index in [4.69, 9.17) is 23.7 Å². The maximum Gasteiger partial charge on any atom is 0.187 e. The van der Waals surface area contributed by atoms with Crippen LogP contribution in [0.25, 0.3) is 0 Å². The average Bonchev–Trinajstić information content (AvgIpc) is 2.97. The Hall–Kier alpha value is -2.78. The van der Waals surface area contributed by atoms with Crippen molar-refractivity contribution in [1.82, 2.24) is 0 Å². The number of thioether (sulfide) groups is 1. The van der Waals surface area contributed by atoms with Crippen LogP contribution in [0.4, 0.5) is 0 Å². The van der Waals surface area contributed by atoms with E-state index >= 15 is 0 Å². The third-order valence-electron chi connectivity index (χ3n) is 6.28. The number of ether oxygens (including phenoxy) is 5. The molecule has 0 amide bonds. The fraction of sp³-hybridized carbons (Fsp3) is 0.344. The van der Waals surface area contributed by atoms with E-state index in [9.17, 15) is 4.79 Å². The van der Waals surface area contributed by atoms with Crippen LogP contribution in [0.1, 0.15) is 23.6 Å². The van der Waals surface area contributed by atoms with Gasteiger partial charge in [0.1, 0.15) is 18.3 Å². The summed E-state index contributed by atoms with van der Waals surface area (Å²) in [5.74, 6) is 0.402. The zero-order chi connectivity index (χ0) is 27.3. The van der Waals surface area contributed by atoms with Crippen LogP contribution in [0.15, 0.2) is 104 Å². The van der Waals surface area contributed by atoms with Gasteiger partial charge in [-0.1, -0.05) is 109 Å². The number of hydrogen-bond donors (Lipinski definition) is 0. The molecule has 0 radical (unpaired) electrons. The molecule has 206 valence electrons. The van der Waals surface area contributed by atoms with Gasteiger partial charge in [0.25, 0.3) is 0 Å². The van der Waals surface area contributed by atoms with E-state index in [2.05, 4.69) is 6.58 Å². The Labute approximate surface area is 235 Å². The van der Waals surface area contributed by atoms with Crippen molar-refractivity contribution in [3.05, 3.63) is 120 Å². The lowest BCUT2D eigenvalue weighted by molar-refractivity contribution is -0.317. The maximum absolute atomic E-state index is 11.9. The summed E-state index contributed by atoms with van der Waals surface area (Å²) in [7, 11) is 0. The highest BCUT2D eigenvalue weighted by molar-refractivity contribution is 8.13. The third-order valence-corrected chi connectivity index (χ3v) is 7.18. The Morgan fingerprint density at radius 1 is 0.744 bits per heavy atom. The molecule has 1 saturated heterocycles. The van der Waals surface area contributed by atoms with Crippen molar-refractivity contribution in [3.8, 4) is 0 Å². The molecule has 0 aromatic heterocycles. The number of carbonyl (C=O) groups excluding carboxylic acids is 1. The van der Waals surface area contributed by atoms with E-state index in [1.165, 1.54) is 11.8 Å². The second-order valence-electron chi connectivity index (χ2n) is 9.25. The van der Waals surface area contributed by atoms with Crippen LogP contribution in [0.2, 0.25) is 0 Å². The van der Waals surface area contributed by atoms with Crippen molar-refractivity contribution in [2.24, 2.45) is 0 Å². The minimum atomic E-state index is -0.735. The Bertz CT molecular complexity index is 1130. The van der Waals surface area contributed by atoms with Gasteiger partial charge in [-0.05, 0) is 16.7 Å². The summed E-state index contributed by atoms with van der Waals surface area (Å²) >= 11 is 1.20. The van der Waals surface area contributed by atoms with Gasteiger partial charge in [-0.3, -0.25) is 4.79 Å². The molecule has 3 aromatic carbocycles. The Morgan fingerprint density at radius 3 is 1.67 bits per heavy atom. The van der Waals surface area contributed by atoms with Gasteiger partial charge in [0.15, 0.2) is 11.4 Å². The predicted octanol–water partition coefficient (Wildman–Crippen LogP) is 5.95. The number of benzene rings is 3. The minimum absolute atomic E-state index is 0.00757. The summed E-state index contributed by atoms with van der Waals surface area (Å²) in [5, 5.41) is 0.00757. The molecule has 0 bridgehead atoms. The fourth-order valence-corrected chi connectivity index (χ4v) is 5.04. The average molecular weight is 549 g/mol. The first-order chi connectivity index (χ1) is 19.1. The van der Waals surface area contributed by atoms with Gasteiger partial charge < -0.3 is 23.7 Å². The standard InChI is InChI=1S/C32H36O6S/c1-3-19-34-32-31(37-22-27-17-11-6-12-18-27)30(36-21-26-15-9-5-10-16-26)29(28(38-32)23-39-24(2)33)35-20-25-13-7-4-8-14-25/h3-18,28-32H,1,19-23H2,2H3. The topological polar surface area (TPSA) is 63.2 Å². The van der Waals surface area contributed by atoms with Gasteiger partial charge in [0, 0.05) is 12.7 Å². The summed E-state index contributed by atoms with van der Waals surface area (Å²) in [6.07, 6.45) is -1.15. The van der Waals surface area contributed by atoms with Gasteiger partial charge in [-0.25, -0.2) is 0 Å². The van der Waals surface area contributed by atoms with Crippen molar-refractivity contribution in [2.45, 2.75) is 57.5 Å². The van der Waals surface area contributed by atoms with Gasteiger partial charge in [-0.15, -0.1) is 6.58 Å². The van der Waals surface area contributed by atoms with Crippen LogP contribution in [0.3, 0.4) is 0 Å². The first-order valence-corrected chi connectivity index (χ1v) is 14.1.